The minimum atomic E-state index is -0.839. The van der Waals surface area contributed by atoms with E-state index in [0.29, 0.717) is 35.7 Å². The first-order valence-electron chi connectivity index (χ1n) is 11.4. The number of nitrogens with two attached hydrogens (primary N) is 2. The van der Waals surface area contributed by atoms with Crippen molar-refractivity contribution in [1.29, 1.82) is 0 Å². The van der Waals surface area contributed by atoms with Gasteiger partial charge in [-0.1, -0.05) is 23.2 Å². The fourth-order valence-corrected chi connectivity index (χ4v) is 4.29. The average Bonchev–Trinajstić information content (AvgIpc) is 3.43. The van der Waals surface area contributed by atoms with Crippen molar-refractivity contribution in [2.24, 2.45) is 11.5 Å². The molecule has 0 saturated heterocycles. The minimum absolute atomic E-state index is 0.396. The minimum Gasteiger partial charge on any atom is -0.444 e. The lowest BCUT2D eigenvalue weighted by Gasteiger charge is -2.12. The van der Waals surface area contributed by atoms with Crippen LogP contribution in [0.4, 0.5) is 0 Å². The van der Waals surface area contributed by atoms with E-state index in [2.05, 4.69) is 9.97 Å². The largest absolute Gasteiger partial charge is 0.444 e. The Morgan fingerprint density at radius 1 is 0.778 bits per heavy atom. The zero-order chi connectivity index (χ0) is 25.7. The summed E-state index contributed by atoms with van der Waals surface area (Å²) < 4.78 is 10.3. The summed E-state index contributed by atoms with van der Waals surface area (Å²) >= 11 is 12.1. The van der Waals surface area contributed by atoms with Crippen LogP contribution in [0.2, 0.25) is 10.0 Å². The van der Waals surface area contributed by atoms with Crippen LogP contribution in [-0.4, -0.2) is 34.4 Å². The van der Waals surface area contributed by atoms with E-state index in [4.69, 9.17) is 44.1 Å². The van der Waals surface area contributed by atoms with E-state index in [1.807, 2.05) is 48.8 Å². The number of benzene rings is 2. The van der Waals surface area contributed by atoms with Gasteiger partial charge in [-0.15, -0.1) is 0 Å². The summed E-state index contributed by atoms with van der Waals surface area (Å²) in [6, 6.07) is 11.2. The van der Waals surface area contributed by atoms with Gasteiger partial charge < -0.3 is 19.4 Å². The monoisotopic (exact) mass is 528 g/mol. The van der Waals surface area contributed by atoms with Crippen molar-refractivity contribution in [2.75, 3.05) is 0 Å². The van der Waals surface area contributed by atoms with E-state index < -0.39 is 24.4 Å². The maximum atomic E-state index is 12.0. The zero-order valence-corrected chi connectivity index (χ0v) is 20.8. The van der Waals surface area contributed by atoms with Crippen LogP contribution in [0.5, 0.6) is 0 Å². The maximum absolute atomic E-state index is 12.0. The Hall–Kier alpha value is -3.30. The molecule has 4 rings (SSSR count). The molecule has 0 aliphatic rings. The van der Waals surface area contributed by atoms with Gasteiger partial charge in [-0.25, -0.2) is 9.59 Å². The second kappa shape index (κ2) is 11.6. The van der Waals surface area contributed by atoms with Crippen LogP contribution in [-0.2, 0) is 31.9 Å². The lowest BCUT2D eigenvalue weighted by molar-refractivity contribution is -0.145. The van der Waals surface area contributed by atoms with Crippen molar-refractivity contribution < 1.29 is 19.1 Å². The first kappa shape index (κ1) is 25.8. The number of hydrogen-bond donors (Lipinski definition) is 4. The standard InChI is InChI=1S/C26H26Cl2N4O4/c27-17-3-5-21-19(11-17)15(13-31-21)1-7-23(29)35-25(33)9-10-26(34)36-24(30)8-2-16-14-32-22-6-4-18(28)12-20(16)22/h3-6,9-14,23-24,31-32H,1-2,7-8,29-30H2/b10-9+. The number of aromatic amines is 2. The summed E-state index contributed by atoms with van der Waals surface area (Å²) in [7, 11) is 0. The number of halogens is 2. The van der Waals surface area contributed by atoms with E-state index in [1.54, 1.807) is 0 Å². The number of ether oxygens (including phenoxy) is 2. The molecular formula is C26H26Cl2N4O4. The Balaban J connectivity index is 1.19. The lowest BCUT2D eigenvalue weighted by Crippen LogP contribution is -2.28. The van der Waals surface area contributed by atoms with Gasteiger partial charge in [0.1, 0.15) is 0 Å². The molecule has 188 valence electrons. The summed E-state index contributed by atoms with van der Waals surface area (Å²) in [5.74, 6) is -1.49. The predicted molar refractivity (Wildman–Crippen MR) is 141 cm³/mol. The fourth-order valence-electron chi connectivity index (χ4n) is 3.94. The van der Waals surface area contributed by atoms with Crippen molar-refractivity contribution >= 4 is 56.9 Å². The highest BCUT2D eigenvalue weighted by atomic mass is 35.5. The Morgan fingerprint density at radius 3 is 1.61 bits per heavy atom. The molecule has 6 N–H and O–H groups in total. The number of H-pyrrole nitrogens is 2. The maximum Gasteiger partial charge on any atom is 0.332 e. The molecule has 0 aliphatic heterocycles. The van der Waals surface area contributed by atoms with Crippen LogP contribution in [0, 0.1) is 0 Å². The van der Waals surface area contributed by atoms with Gasteiger partial charge in [0.05, 0.1) is 0 Å². The first-order chi connectivity index (χ1) is 17.3. The highest BCUT2D eigenvalue weighted by Gasteiger charge is 2.13. The highest BCUT2D eigenvalue weighted by Crippen LogP contribution is 2.24. The Kier molecular flexibility index (Phi) is 8.32. The van der Waals surface area contributed by atoms with Gasteiger partial charge in [-0.3, -0.25) is 11.5 Å². The number of hydrogen-bond acceptors (Lipinski definition) is 6. The first-order valence-corrected chi connectivity index (χ1v) is 12.2. The number of fused-ring (bicyclic) bond motifs is 2. The number of esters is 2. The van der Waals surface area contributed by atoms with Crippen LogP contribution < -0.4 is 11.5 Å². The molecule has 0 spiro atoms. The van der Waals surface area contributed by atoms with Crippen molar-refractivity contribution in [3.05, 3.63) is 82.1 Å². The fraction of sp³-hybridized carbons (Fsp3) is 0.231. The topological polar surface area (TPSA) is 136 Å². The third kappa shape index (κ3) is 6.67. The number of carbonyl (C=O) groups is 2. The number of rotatable bonds is 10. The molecule has 0 amide bonds. The third-order valence-electron chi connectivity index (χ3n) is 5.75. The van der Waals surface area contributed by atoms with E-state index in [-0.39, 0.29) is 0 Å². The second-order valence-electron chi connectivity index (χ2n) is 8.37. The van der Waals surface area contributed by atoms with Gasteiger partial charge in [0.15, 0.2) is 12.5 Å². The molecular weight excluding hydrogens is 503 g/mol. The summed E-state index contributed by atoms with van der Waals surface area (Å²) in [6.07, 6.45) is 5.98. The van der Waals surface area contributed by atoms with Crippen LogP contribution in [0.15, 0.2) is 60.9 Å². The number of aromatic nitrogens is 2. The molecule has 0 bridgehead atoms. The van der Waals surface area contributed by atoms with Crippen molar-refractivity contribution in [3.8, 4) is 0 Å². The molecule has 0 radical (unpaired) electrons. The molecule has 0 aliphatic carbocycles. The van der Waals surface area contributed by atoms with Crippen molar-refractivity contribution in [1.82, 2.24) is 9.97 Å². The normalized spacial score (nSPS) is 13.3. The molecule has 2 aromatic carbocycles. The summed E-state index contributed by atoms with van der Waals surface area (Å²) in [6.45, 7) is 0. The van der Waals surface area contributed by atoms with Crippen LogP contribution >= 0.6 is 23.2 Å². The molecule has 8 nitrogen and oxygen atoms in total. The van der Waals surface area contributed by atoms with Gasteiger partial charge in [0.2, 0.25) is 0 Å². The molecule has 2 atom stereocenters. The molecule has 2 aromatic heterocycles. The Bertz CT molecular complexity index is 1310. The molecule has 2 unspecified atom stereocenters. The van der Waals surface area contributed by atoms with E-state index in [9.17, 15) is 9.59 Å². The summed E-state index contributed by atoms with van der Waals surface area (Å²) in [5, 5.41) is 3.26. The smallest absolute Gasteiger partial charge is 0.332 e. The highest BCUT2D eigenvalue weighted by molar-refractivity contribution is 6.31. The second-order valence-corrected chi connectivity index (χ2v) is 9.24. The van der Waals surface area contributed by atoms with Crippen molar-refractivity contribution in [3.63, 3.8) is 0 Å². The molecule has 2 heterocycles. The molecule has 0 saturated carbocycles. The van der Waals surface area contributed by atoms with E-state index >= 15 is 0 Å². The van der Waals surface area contributed by atoms with Gasteiger partial charge >= 0.3 is 11.9 Å². The Morgan fingerprint density at radius 2 is 1.19 bits per heavy atom. The quantitative estimate of drug-likeness (QED) is 0.133. The zero-order valence-electron chi connectivity index (χ0n) is 19.3. The molecule has 36 heavy (non-hydrogen) atoms. The molecule has 0 fully saturated rings. The third-order valence-corrected chi connectivity index (χ3v) is 6.22. The summed E-state index contributed by atoms with van der Waals surface area (Å²) in [5.41, 5.74) is 15.8. The van der Waals surface area contributed by atoms with Crippen LogP contribution in [0.25, 0.3) is 21.8 Å². The van der Waals surface area contributed by atoms with E-state index in [0.717, 1.165) is 45.1 Å². The lowest BCUT2D eigenvalue weighted by atomic mass is 10.1. The average molecular weight is 529 g/mol. The van der Waals surface area contributed by atoms with E-state index in [1.165, 1.54) is 0 Å². The van der Waals surface area contributed by atoms with Gasteiger partial charge in [-0.2, -0.15) is 0 Å². The van der Waals surface area contributed by atoms with Gasteiger partial charge in [0.25, 0.3) is 0 Å². The van der Waals surface area contributed by atoms with Crippen LogP contribution in [0.3, 0.4) is 0 Å². The molecule has 4 aromatic rings. The number of nitrogens with one attached hydrogen (secondary N) is 2. The van der Waals surface area contributed by atoms with Crippen molar-refractivity contribution in [2.45, 2.75) is 38.1 Å². The summed E-state index contributed by atoms with van der Waals surface area (Å²) in [4.78, 5) is 30.4. The van der Waals surface area contributed by atoms with Gasteiger partial charge in [-0.05, 0) is 60.4 Å². The SMILES string of the molecule is NC(CCc1c[nH]c2ccc(Cl)cc12)OC(=O)/C=C/C(=O)OC(N)CCc1c[nH]c2ccc(Cl)cc12. The predicted octanol–water partition coefficient (Wildman–Crippen LogP) is 4.73. The van der Waals surface area contributed by atoms with Gasteiger partial charge in [0, 0.05) is 69.2 Å². The number of carbonyl (C=O) groups excluding carboxylic acids is 2. The molecule has 10 heteroatoms. The van der Waals surface area contributed by atoms with Crippen LogP contribution in [0.1, 0.15) is 24.0 Å². The number of aryl methyl sites for hydroxylation is 2. The Labute approximate surface area is 217 Å².